The molecule has 0 saturated heterocycles. The van der Waals surface area contributed by atoms with E-state index in [0.717, 1.165) is 20.7 Å². The van der Waals surface area contributed by atoms with Crippen LogP contribution in [0.3, 0.4) is 0 Å². The number of amides is 1. The van der Waals surface area contributed by atoms with Crippen LogP contribution in [0.1, 0.15) is 16.7 Å². The summed E-state index contributed by atoms with van der Waals surface area (Å²) in [5.74, 6) is -0.308. The van der Waals surface area contributed by atoms with Crippen LogP contribution < -0.4 is 11.0 Å². The highest BCUT2D eigenvalue weighted by Crippen LogP contribution is 2.30. The van der Waals surface area contributed by atoms with E-state index >= 15 is 0 Å². The SMILES string of the molecule is Cc1ccc(Sc2nccn3c(=O)n(CC(=O)NCc4ccc(Cl)cc4)nc23)c(C)c1. The third kappa shape index (κ3) is 4.81. The van der Waals surface area contributed by atoms with Crippen LogP contribution in [-0.4, -0.2) is 25.1 Å². The van der Waals surface area contributed by atoms with Gasteiger partial charge in [-0.2, -0.15) is 0 Å². The highest BCUT2D eigenvalue weighted by molar-refractivity contribution is 7.99. The minimum atomic E-state index is -0.387. The number of carbonyl (C=O) groups is 1. The van der Waals surface area contributed by atoms with Gasteiger partial charge in [-0.15, -0.1) is 5.10 Å². The van der Waals surface area contributed by atoms with Crippen molar-refractivity contribution in [3.63, 3.8) is 0 Å². The molecule has 2 heterocycles. The molecule has 0 aliphatic carbocycles. The van der Waals surface area contributed by atoms with Crippen LogP contribution >= 0.6 is 23.4 Å². The van der Waals surface area contributed by atoms with Crippen molar-refractivity contribution in [3.05, 3.63) is 87.1 Å². The van der Waals surface area contributed by atoms with Gasteiger partial charge in [-0.25, -0.2) is 18.9 Å². The molecule has 31 heavy (non-hydrogen) atoms. The summed E-state index contributed by atoms with van der Waals surface area (Å²) >= 11 is 7.32. The Morgan fingerprint density at radius 2 is 1.94 bits per heavy atom. The van der Waals surface area contributed by atoms with Crippen molar-refractivity contribution in [1.82, 2.24) is 24.5 Å². The number of nitrogens with one attached hydrogen (secondary N) is 1. The van der Waals surface area contributed by atoms with Gasteiger partial charge in [0.1, 0.15) is 11.6 Å². The predicted molar refractivity (Wildman–Crippen MR) is 121 cm³/mol. The molecule has 0 unspecified atom stereocenters. The van der Waals surface area contributed by atoms with E-state index < -0.39 is 0 Å². The van der Waals surface area contributed by atoms with Gasteiger partial charge in [0, 0.05) is 28.9 Å². The molecule has 0 atom stereocenters. The quantitative estimate of drug-likeness (QED) is 0.482. The highest BCUT2D eigenvalue weighted by Gasteiger charge is 2.15. The van der Waals surface area contributed by atoms with Gasteiger partial charge in [-0.05, 0) is 43.2 Å². The number of carbonyl (C=O) groups excluding carboxylic acids is 1. The van der Waals surface area contributed by atoms with E-state index in [1.165, 1.54) is 21.7 Å². The Balaban J connectivity index is 1.53. The van der Waals surface area contributed by atoms with E-state index in [1.807, 2.05) is 38.1 Å². The van der Waals surface area contributed by atoms with Crippen molar-refractivity contribution >= 4 is 34.9 Å². The Morgan fingerprint density at radius 3 is 2.68 bits per heavy atom. The largest absolute Gasteiger partial charge is 0.350 e. The lowest BCUT2D eigenvalue weighted by Crippen LogP contribution is -2.32. The van der Waals surface area contributed by atoms with E-state index in [0.29, 0.717) is 22.2 Å². The Bertz CT molecular complexity index is 1310. The van der Waals surface area contributed by atoms with Gasteiger partial charge >= 0.3 is 5.69 Å². The molecule has 0 aliphatic heterocycles. The number of aryl methyl sites for hydroxylation is 2. The van der Waals surface area contributed by atoms with Gasteiger partial charge in [0.2, 0.25) is 5.91 Å². The normalized spacial score (nSPS) is 11.1. The zero-order chi connectivity index (χ0) is 22.0. The molecule has 4 aromatic rings. The molecule has 2 aromatic carbocycles. The van der Waals surface area contributed by atoms with Gasteiger partial charge in [0.15, 0.2) is 5.65 Å². The zero-order valence-corrected chi connectivity index (χ0v) is 18.6. The fraction of sp³-hybridized carbons (Fsp3) is 0.182. The summed E-state index contributed by atoms with van der Waals surface area (Å²) < 4.78 is 2.56. The molecule has 7 nitrogen and oxygen atoms in total. The maximum Gasteiger partial charge on any atom is 0.350 e. The molecule has 0 aliphatic rings. The van der Waals surface area contributed by atoms with Crippen molar-refractivity contribution in [1.29, 1.82) is 0 Å². The molecule has 0 fully saturated rings. The summed E-state index contributed by atoms with van der Waals surface area (Å²) in [6, 6.07) is 13.3. The number of halogens is 1. The number of aromatic nitrogens is 4. The summed E-state index contributed by atoms with van der Waals surface area (Å²) in [6.07, 6.45) is 3.12. The predicted octanol–water partition coefficient (Wildman–Crippen LogP) is 3.63. The van der Waals surface area contributed by atoms with E-state index in [-0.39, 0.29) is 18.1 Å². The second-order valence-electron chi connectivity index (χ2n) is 7.14. The molecule has 1 amide bonds. The first-order valence-electron chi connectivity index (χ1n) is 9.61. The lowest BCUT2D eigenvalue weighted by molar-refractivity contribution is -0.122. The van der Waals surface area contributed by atoms with Gasteiger partial charge < -0.3 is 5.32 Å². The lowest BCUT2D eigenvalue weighted by atomic mass is 10.2. The number of benzene rings is 2. The van der Waals surface area contributed by atoms with Crippen LogP contribution in [0.5, 0.6) is 0 Å². The van der Waals surface area contributed by atoms with Crippen LogP contribution in [0.15, 0.2) is 69.6 Å². The third-order valence-corrected chi connectivity index (χ3v) is 6.11. The lowest BCUT2D eigenvalue weighted by Gasteiger charge is -2.06. The summed E-state index contributed by atoms with van der Waals surface area (Å²) in [6.45, 7) is 4.24. The summed E-state index contributed by atoms with van der Waals surface area (Å²) in [4.78, 5) is 30.5. The van der Waals surface area contributed by atoms with Crippen LogP contribution in [0.25, 0.3) is 5.65 Å². The van der Waals surface area contributed by atoms with Gasteiger partial charge in [-0.1, -0.05) is 53.2 Å². The zero-order valence-electron chi connectivity index (χ0n) is 17.0. The van der Waals surface area contributed by atoms with Crippen LogP contribution in [0.2, 0.25) is 5.02 Å². The van der Waals surface area contributed by atoms with Gasteiger partial charge in [-0.3, -0.25) is 4.79 Å². The highest BCUT2D eigenvalue weighted by atomic mass is 35.5. The number of hydrogen-bond acceptors (Lipinski definition) is 5. The van der Waals surface area contributed by atoms with Crippen molar-refractivity contribution in [2.75, 3.05) is 0 Å². The minimum absolute atomic E-state index is 0.179. The first-order chi connectivity index (χ1) is 14.9. The van der Waals surface area contributed by atoms with Crippen LogP contribution in [-0.2, 0) is 17.9 Å². The Hall–Kier alpha value is -3.10. The van der Waals surface area contributed by atoms with E-state index in [1.54, 1.807) is 24.5 Å². The fourth-order valence-corrected chi connectivity index (χ4v) is 4.15. The maximum absolute atomic E-state index is 12.7. The molecular weight excluding hydrogens is 434 g/mol. The molecule has 0 bridgehead atoms. The minimum Gasteiger partial charge on any atom is -0.350 e. The van der Waals surface area contributed by atoms with E-state index in [9.17, 15) is 9.59 Å². The van der Waals surface area contributed by atoms with E-state index in [2.05, 4.69) is 21.5 Å². The Morgan fingerprint density at radius 1 is 1.16 bits per heavy atom. The van der Waals surface area contributed by atoms with Crippen LogP contribution in [0, 0.1) is 13.8 Å². The summed E-state index contributed by atoms with van der Waals surface area (Å²) in [5, 5.41) is 8.40. The molecule has 4 rings (SSSR count). The molecule has 158 valence electrons. The van der Waals surface area contributed by atoms with Gasteiger partial charge in [0.25, 0.3) is 0 Å². The monoisotopic (exact) mass is 453 g/mol. The number of nitrogens with zero attached hydrogens (tertiary/aromatic N) is 4. The maximum atomic E-state index is 12.7. The molecule has 0 saturated carbocycles. The number of rotatable bonds is 6. The molecule has 9 heteroatoms. The molecule has 0 radical (unpaired) electrons. The second-order valence-corrected chi connectivity index (χ2v) is 8.61. The summed E-state index contributed by atoms with van der Waals surface area (Å²) in [7, 11) is 0. The van der Waals surface area contributed by atoms with Crippen molar-refractivity contribution in [3.8, 4) is 0 Å². The second kappa shape index (κ2) is 8.95. The average molecular weight is 454 g/mol. The first-order valence-corrected chi connectivity index (χ1v) is 10.8. The topological polar surface area (TPSA) is 81.3 Å². The van der Waals surface area contributed by atoms with E-state index in [4.69, 9.17) is 11.6 Å². The van der Waals surface area contributed by atoms with Gasteiger partial charge in [0.05, 0.1) is 0 Å². The molecule has 0 spiro atoms. The number of hydrogen-bond donors (Lipinski definition) is 1. The standard InChI is InChI=1S/C22H20ClN5O2S/c1-14-3-8-18(15(2)11-14)31-21-20-26-28(22(30)27(20)10-9-24-21)13-19(29)25-12-16-4-6-17(23)7-5-16/h3-11H,12-13H2,1-2H3,(H,25,29). The molecular formula is C22H20ClN5O2S. The molecule has 1 N–H and O–H groups in total. The molecule has 2 aromatic heterocycles. The average Bonchev–Trinajstić information content (AvgIpc) is 3.06. The Labute approximate surface area is 188 Å². The fourth-order valence-electron chi connectivity index (χ4n) is 3.11. The Kier molecular flexibility index (Phi) is 6.11. The van der Waals surface area contributed by atoms with Crippen molar-refractivity contribution in [2.24, 2.45) is 0 Å². The van der Waals surface area contributed by atoms with Crippen LogP contribution in [0.4, 0.5) is 0 Å². The third-order valence-electron chi connectivity index (χ3n) is 4.70. The summed E-state index contributed by atoms with van der Waals surface area (Å²) in [5.41, 5.74) is 3.25. The number of fused-ring (bicyclic) bond motifs is 1. The first kappa shape index (κ1) is 21.1. The van der Waals surface area contributed by atoms with Crippen molar-refractivity contribution < 1.29 is 4.79 Å². The van der Waals surface area contributed by atoms with Crippen molar-refractivity contribution in [2.45, 2.75) is 36.9 Å². The smallest absolute Gasteiger partial charge is 0.350 e.